The number of fused-ring (bicyclic) bond motifs is 1. The normalized spacial score (nSPS) is 29.8. The van der Waals surface area contributed by atoms with Gasteiger partial charge in [-0.15, -0.1) is 0 Å². The number of sulfone groups is 1. The largest absolute Gasteiger partial charge is 0.384 e. The lowest BCUT2D eigenvalue weighted by molar-refractivity contribution is 0.0280. The maximum Gasteiger partial charge on any atom is 0.178 e. The van der Waals surface area contributed by atoms with Crippen molar-refractivity contribution in [3.63, 3.8) is 0 Å². The maximum absolute atomic E-state index is 12.0. The zero-order valence-electron chi connectivity index (χ0n) is 10.1. The Hall–Kier alpha value is -0.910. The van der Waals surface area contributed by atoms with Crippen LogP contribution >= 0.6 is 0 Å². The predicted octanol–water partition coefficient (Wildman–Crippen LogP) is 0.804. The predicted molar refractivity (Wildman–Crippen MR) is 68.0 cm³/mol. The van der Waals surface area contributed by atoms with E-state index in [0.29, 0.717) is 18.2 Å². The Kier molecular flexibility index (Phi) is 2.73. The van der Waals surface area contributed by atoms with Gasteiger partial charge in [-0.1, -0.05) is 18.2 Å². The van der Waals surface area contributed by atoms with E-state index in [2.05, 4.69) is 5.32 Å². The van der Waals surface area contributed by atoms with E-state index in [9.17, 15) is 13.5 Å². The van der Waals surface area contributed by atoms with Gasteiger partial charge in [-0.05, 0) is 25.3 Å². The third-order valence-corrected chi connectivity index (χ3v) is 5.54. The van der Waals surface area contributed by atoms with E-state index in [4.69, 9.17) is 0 Å². The summed E-state index contributed by atoms with van der Waals surface area (Å²) < 4.78 is 24.0. The van der Waals surface area contributed by atoms with Crippen molar-refractivity contribution in [3.8, 4) is 0 Å². The fourth-order valence-corrected chi connectivity index (χ4v) is 4.16. The monoisotopic (exact) mass is 267 g/mol. The molecule has 1 fully saturated rings. The van der Waals surface area contributed by atoms with Crippen LogP contribution in [0.3, 0.4) is 0 Å². The van der Waals surface area contributed by atoms with E-state index < -0.39 is 15.4 Å². The number of rotatable bonds is 3. The molecule has 1 atom stereocenters. The van der Waals surface area contributed by atoms with Crippen molar-refractivity contribution in [1.82, 2.24) is 5.32 Å². The van der Waals surface area contributed by atoms with Crippen LogP contribution in [0.1, 0.15) is 24.8 Å². The molecule has 3 rings (SSSR count). The van der Waals surface area contributed by atoms with E-state index in [1.807, 2.05) is 0 Å². The molecule has 1 saturated carbocycles. The van der Waals surface area contributed by atoms with Crippen LogP contribution < -0.4 is 5.32 Å². The van der Waals surface area contributed by atoms with Gasteiger partial charge >= 0.3 is 0 Å². The molecule has 1 aliphatic carbocycles. The highest BCUT2D eigenvalue weighted by atomic mass is 32.2. The molecule has 1 unspecified atom stereocenters. The quantitative estimate of drug-likeness (QED) is 0.850. The van der Waals surface area contributed by atoms with Gasteiger partial charge in [-0.25, -0.2) is 8.42 Å². The van der Waals surface area contributed by atoms with Crippen LogP contribution in [-0.2, 0) is 15.4 Å². The molecular formula is C13H17NO3S. The van der Waals surface area contributed by atoms with Crippen molar-refractivity contribution in [2.24, 2.45) is 0 Å². The van der Waals surface area contributed by atoms with Gasteiger partial charge in [0, 0.05) is 18.2 Å². The van der Waals surface area contributed by atoms with E-state index in [1.54, 1.807) is 24.3 Å². The summed E-state index contributed by atoms with van der Waals surface area (Å²) in [4.78, 5) is 0.288. The smallest absolute Gasteiger partial charge is 0.178 e. The fourth-order valence-electron chi connectivity index (χ4n) is 2.45. The average molecular weight is 267 g/mol. The third kappa shape index (κ3) is 2.06. The van der Waals surface area contributed by atoms with Gasteiger partial charge in [0.1, 0.15) is 5.60 Å². The summed E-state index contributed by atoms with van der Waals surface area (Å²) in [6.07, 6.45) is 2.57. The minimum Gasteiger partial charge on any atom is -0.384 e. The Morgan fingerprint density at radius 2 is 2.06 bits per heavy atom. The van der Waals surface area contributed by atoms with Gasteiger partial charge in [0.2, 0.25) is 0 Å². The Morgan fingerprint density at radius 3 is 2.78 bits per heavy atom. The first-order valence-electron chi connectivity index (χ1n) is 6.29. The number of benzene rings is 1. The molecule has 2 aliphatic rings. The fraction of sp³-hybridized carbons (Fsp3) is 0.538. The summed E-state index contributed by atoms with van der Waals surface area (Å²) in [7, 11) is -3.22. The molecule has 2 N–H and O–H groups in total. The Bertz CT molecular complexity index is 565. The Morgan fingerprint density at radius 1 is 1.33 bits per heavy atom. The lowest BCUT2D eigenvalue weighted by atomic mass is 9.90. The summed E-state index contributed by atoms with van der Waals surface area (Å²) in [6, 6.07) is 7.30. The van der Waals surface area contributed by atoms with Crippen molar-refractivity contribution in [1.29, 1.82) is 0 Å². The second-order valence-corrected chi connectivity index (χ2v) is 7.33. The zero-order valence-corrected chi connectivity index (χ0v) is 10.9. The zero-order chi connectivity index (χ0) is 12.8. The number of aliphatic hydroxyl groups is 1. The second kappa shape index (κ2) is 4.05. The Balaban J connectivity index is 1.97. The summed E-state index contributed by atoms with van der Waals surface area (Å²) in [5, 5.41) is 14.0. The van der Waals surface area contributed by atoms with Crippen LogP contribution in [0.4, 0.5) is 0 Å². The van der Waals surface area contributed by atoms with E-state index >= 15 is 0 Å². The van der Waals surface area contributed by atoms with E-state index in [-0.39, 0.29) is 17.1 Å². The first-order chi connectivity index (χ1) is 8.51. The number of nitrogens with one attached hydrogen (secondary N) is 1. The van der Waals surface area contributed by atoms with E-state index in [1.165, 1.54) is 0 Å². The summed E-state index contributed by atoms with van der Waals surface area (Å²) in [5.41, 5.74) is -0.505. The molecule has 1 heterocycles. The number of hydrogen-bond donors (Lipinski definition) is 2. The highest BCUT2D eigenvalue weighted by molar-refractivity contribution is 7.91. The van der Waals surface area contributed by atoms with Crippen LogP contribution in [0.5, 0.6) is 0 Å². The van der Waals surface area contributed by atoms with Crippen molar-refractivity contribution in [2.45, 2.75) is 35.8 Å². The van der Waals surface area contributed by atoms with Gasteiger partial charge in [0.15, 0.2) is 9.84 Å². The van der Waals surface area contributed by atoms with Gasteiger partial charge in [-0.3, -0.25) is 0 Å². The molecule has 4 nitrogen and oxygen atoms in total. The van der Waals surface area contributed by atoms with E-state index in [0.717, 1.165) is 12.8 Å². The van der Waals surface area contributed by atoms with Gasteiger partial charge in [-0.2, -0.15) is 0 Å². The highest BCUT2D eigenvalue weighted by Gasteiger charge is 2.41. The van der Waals surface area contributed by atoms with Crippen LogP contribution in [0.25, 0.3) is 0 Å². The molecule has 5 heteroatoms. The molecule has 0 amide bonds. The molecular weight excluding hydrogens is 250 g/mol. The molecule has 0 aromatic heterocycles. The first kappa shape index (κ1) is 12.1. The van der Waals surface area contributed by atoms with Crippen LogP contribution in [0, 0.1) is 0 Å². The lowest BCUT2D eigenvalue weighted by Crippen LogP contribution is -2.44. The topological polar surface area (TPSA) is 66.4 Å². The number of hydrogen-bond acceptors (Lipinski definition) is 4. The maximum atomic E-state index is 12.0. The second-order valence-electron chi connectivity index (χ2n) is 5.25. The van der Waals surface area contributed by atoms with Crippen molar-refractivity contribution < 1.29 is 13.5 Å². The van der Waals surface area contributed by atoms with Gasteiger partial charge in [0.05, 0.1) is 10.6 Å². The minimum absolute atomic E-state index is 0.0207. The summed E-state index contributed by atoms with van der Waals surface area (Å²) in [5.74, 6) is 0.0207. The summed E-state index contributed by atoms with van der Waals surface area (Å²) in [6.45, 7) is 0.435. The summed E-state index contributed by atoms with van der Waals surface area (Å²) >= 11 is 0. The van der Waals surface area contributed by atoms with Crippen molar-refractivity contribution in [3.05, 3.63) is 29.8 Å². The van der Waals surface area contributed by atoms with Crippen LogP contribution in [-0.4, -0.2) is 31.9 Å². The van der Waals surface area contributed by atoms with Gasteiger partial charge in [0.25, 0.3) is 0 Å². The molecule has 0 saturated heterocycles. The molecule has 18 heavy (non-hydrogen) atoms. The lowest BCUT2D eigenvalue weighted by Gasteiger charge is -2.34. The third-order valence-electron chi connectivity index (χ3n) is 3.77. The average Bonchev–Trinajstić information content (AvgIpc) is 3.17. The van der Waals surface area contributed by atoms with Crippen molar-refractivity contribution >= 4 is 9.84 Å². The van der Waals surface area contributed by atoms with Crippen LogP contribution in [0.2, 0.25) is 0 Å². The minimum atomic E-state index is -3.22. The first-order valence-corrected chi connectivity index (χ1v) is 7.95. The highest BCUT2D eigenvalue weighted by Crippen LogP contribution is 2.37. The Labute approximate surface area is 107 Å². The molecule has 0 bridgehead atoms. The molecule has 1 aliphatic heterocycles. The van der Waals surface area contributed by atoms with Crippen molar-refractivity contribution in [2.75, 3.05) is 12.3 Å². The molecule has 1 aromatic carbocycles. The molecule has 1 aromatic rings. The van der Waals surface area contributed by atoms with Crippen LogP contribution in [0.15, 0.2) is 29.2 Å². The van der Waals surface area contributed by atoms with Gasteiger partial charge < -0.3 is 10.4 Å². The molecule has 0 radical (unpaired) electrons. The standard InChI is InChI=1S/C13H17NO3S/c15-13(9-14-10-5-6-10)7-8-18(16,17)12-4-2-1-3-11(12)13/h1-4,10,14-15H,5-9H2. The SMILES string of the molecule is O=S1(=O)CCC(O)(CNC2CC2)c2ccccc21. The molecule has 98 valence electrons. The molecule has 0 spiro atoms.